The number of allylic oxidation sites excluding steroid dienone is 1. The van der Waals surface area contributed by atoms with Gasteiger partial charge in [-0.2, -0.15) is 0 Å². The molecule has 0 bridgehead atoms. The second-order valence-corrected chi connectivity index (χ2v) is 7.29. The van der Waals surface area contributed by atoms with Gasteiger partial charge in [-0.15, -0.1) is 0 Å². The quantitative estimate of drug-likeness (QED) is 0.432. The van der Waals surface area contributed by atoms with Crippen LogP contribution in [0.15, 0.2) is 30.4 Å². The van der Waals surface area contributed by atoms with Crippen LogP contribution in [0.4, 0.5) is 0 Å². The number of benzene rings is 1. The standard InChI is InChI=1S/C22H30O4/c1-6-25-20(23)22(21(24)26-7-2)9-8-19(17(5)14-22)13-18-11-15(3)10-16(4)12-18/h10-12,19H,5-9,13-14H2,1-4H3. The Morgan fingerprint density at radius 3 is 2.08 bits per heavy atom. The van der Waals surface area contributed by atoms with Gasteiger partial charge in [-0.25, -0.2) is 0 Å². The molecule has 0 amide bonds. The van der Waals surface area contributed by atoms with E-state index in [9.17, 15) is 9.59 Å². The minimum absolute atomic E-state index is 0.248. The van der Waals surface area contributed by atoms with Crippen LogP contribution < -0.4 is 0 Å². The zero-order valence-corrected chi connectivity index (χ0v) is 16.4. The number of hydrogen-bond donors (Lipinski definition) is 0. The van der Waals surface area contributed by atoms with Crippen LogP contribution in [0.2, 0.25) is 0 Å². The Morgan fingerprint density at radius 1 is 1.08 bits per heavy atom. The third kappa shape index (κ3) is 4.35. The van der Waals surface area contributed by atoms with Crippen LogP contribution in [-0.2, 0) is 25.5 Å². The molecule has 1 aromatic rings. The molecule has 1 atom stereocenters. The Kier molecular flexibility index (Phi) is 6.63. The minimum atomic E-state index is -1.23. The maximum Gasteiger partial charge on any atom is 0.323 e. The van der Waals surface area contributed by atoms with Crippen molar-refractivity contribution < 1.29 is 19.1 Å². The highest BCUT2D eigenvalue weighted by molar-refractivity contribution is 6.00. The molecule has 0 heterocycles. The molecule has 0 aliphatic heterocycles. The topological polar surface area (TPSA) is 52.6 Å². The molecule has 1 saturated carbocycles. The summed E-state index contributed by atoms with van der Waals surface area (Å²) in [6.45, 7) is 12.4. The highest BCUT2D eigenvalue weighted by Gasteiger charge is 2.51. The number of carbonyl (C=O) groups excluding carboxylic acids is 2. The monoisotopic (exact) mass is 358 g/mol. The summed E-state index contributed by atoms with van der Waals surface area (Å²) >= 11 is 0. The number of esters is 2. The van der Waals surface area contributed by atoms with Crippen molar-refractivity contribution in [3.05, 3.63) is 47.0 Å². The van der Waals surface area contributed by atoms with Gasteiger partial charge in [-0.3, -0.25) is 9.59 Å². The average Bonchev–Trinajstić information content (AvgIpc) is 2.56. The van der Waals surface area contributed by atoms with Crippen LogP contribution in [0.1, 0.15) is 49.8 Å². The normalized spacial score (nSPS) is 19.1. The van der Waals surface area contributed by atoms with Crippen molar-refractivity contribution in [1.82, 2.24) is 0 Å². The summed E-state index contributed by atoms with van der Waals surface area (Å²) in [5, 5.41) is 0. The fourth-order valence-corrected chi connectivity index (χ4v) is 3.93. The van der Waals surface area contributed by atoms with Gasteiger partial charge in [0.25, 0.3) is 0 Å². The van der Waals surface area contributed by atoms with Crippen molar-refractivity contribution in [1.29, 1.82) is 0 Å². The van der Waals surface area contributed by atoms with Crippen LogP contribution >= 0.6 is 0 Å². The lowest BCUT2D eigenvalue weighted by atomic mass is 9.67. The molecule has 4 nitrogen and oxygen atoms in total. The molecular formula is C22H30O4. The van der Waals surface area contributed by atoms with Crippen LogP contribution in [-0.4, -0.2) is 25.2 Å². The predicted octanol–water partition coefficient (Wildman–Crippen LogP) is 4.31. The molecule has 1 aliphatic carbocycles. The number of carbonyl (C=O) groups is 2. The van der Waals surface area contributed by atoms with Crippen molar-refractivity contribution in [2.45, 2.75) is 53.4 Å². The highest BCUT2D eigenvalue weighted by atomic mass is 16.6. The Morgan fingerprint density at radius 2 is 1.62 bits per heavy atom. The van der Waals surface area contributed by atoms with Gasteiger partial charge in [0.1, 0.15) is 0 Å². The molecule has 142 valence electrons. The summed E-state index contributed by atoms with van der Waals surface area (Å²) < 4.78 is 10.4. The molecule has 1 aromatic carbocycles. The van der Waals surface area contributed by atoms with Crippen molar-refractivity contribution in [3.63, 3.8) is 0 Å². The first-order valence-corrected chi connectivity index (χ1v) is 9.41. The number of hydrogen-bond acceptors (Lipinski definition) is 4. The fourth-order valence-electron chi connectivity index (χ4n) is 3.93. The minimum Gasteiger partial charge on any atom is -0.465 e. The molecule has 0 saturated heterocycles. The zero-order valence-electron chi connectivity index (χ0n) is 16.4. The molecule has 0 aromatic heterocycles. The first-order chi connectivity index (χ1) is 12.3. The van der Waals surface area contributed by atoms with E-state index in [2.05, 4.69) is 38.6 Å². The molecule has 1 aliphatic rings. The zero-order chi connectivity index (χ0) is 19.3. The molecule has 1 unspecified atom stereocenters. The molecule has 0 N–H and O–H groups in total. The van der Waals surface area contributed by atoms with E-state index >= 15 is 0 Å². The van der Waals surface area contributed by atoms with E-state index in [0.29, 0.717) is 12.8 Å². The van der Waals surface area contributed by atoms with Crippen LogP contribution in [0.25, 0.3) is 0 Å². The molecule has 2 rings (SSSR count). The van der Waals surface area contributed by atoms with E-state index in [1.54, 1.807) is 13.8 Å². The number of rotatable bonds is 6. The molecule has 0 radical (unpaired) electrons. The maximum absolute atomic E-state index is 12.6. The van der Waals surface area contributed by atoms with Gasteiger partial charge < -0.3 is 9.47 Å². The predicted molar refractivity (Wildman–Crippen MR) is 102 cm³/mol. The van der Waals surface area contributed by atoms with Crippen LogP contribution in [0, 0.1) is 25.2 Å². The fraction of sp³-hybridized carbons (Fsp3) is 0.545. The molecule has 0 spiro atoms. The van der Waals surface area contributed by atoms with Gasteiger partial charge in [0.2, 0.25) is 0 Å². The van der Waals surface area contributed by atoms with Gasteiger partial charge in [-0.05, 0) is 64.9 Å². The summed E-state index contributed by atoms with van der Waals surface area (Å²) in [7, 11) is 0. The Balaban J connectivity index is 2.18. The largest absolute Gasteiger partial charge is 0.465 e. The Bertz CT molecular complexity index is 651. The van der Waals surface area contributed by atoms with Gasteiger partial charge in [0.05, 0.1) is 13.2 Å². The third-order valence-corrected chi connectivity index (χ3v) is 5.12. The van der Waals surface area contributed by atoms with E-state index < -0.39 is 17.4 Å². The second kappa shape index (κ2) is 8.52. The van der Waals surface area contributed by atoms with Gasteiger partial charge in [-0.1, -0.05) is 41.5 Å². The van der Waals surface area contributed by atoms with Gasteiger partial charge in [0, 0.05) is 0 Å². The molecule has 1 fully saturated rings. The van der Waals surface area contributed by atoms with E-state index in [1.807, 2.05) is 0 Å². The second-order valence-electron chi connectivity index (χ2n) is 7.29. The summed E-state index contributed by atoms with van der Waals surface area (Å²) in [6, 6.07) is 6.55. The van der Waals surface area contributed by atoms with Crippen molar-refractivity contribution in [2.75, 3.05) is 13.2 Å². The van der Waals surface area contributed by atoms with Gasteiger partial charge >= 0.3 is 11.9 Å². The maximum atomic E-state index is 12.6. The van der Waals surface area contributed by atoms with E-state index in [-0.39, 0.29) is 19.1 Å². The SMILES string of the molecule is C=C1CC(C(=O)OCC)(C(=O)OCC)CCC1Cc1cc(C)cc(C)c1. The van der Waals surface area contributed by atoms with Crippen molar-refractivity contribution in [2.24, 2.45) is 11.3 Å². The average molecular weight is 358 g/mol. The highest BCUT2D eigenvalue weighted by Crippen LogP contribution is 2.44. The summed E-state index contributed by atoms with van der Waals surface area (Å²) in [5.41, 5.74) is 3.45. The lowest BCUT2D eigenvalue weighted by Gasteiger charge is -2.37. The van der Waals surface area contributed by atoms with Crippen LogP contribution in [0.3, 0.4) is 0 Å². The Hall–Kier alpha value is -2.10. The molecular weight excluding hydrogens is 328 g/mol. The third-order valence-electron chi connectivity index (χ3n) is 5.12. The van der Waals surface area contributed by atoms with Gasteiger partial charge in [0.15, 0.2) is 5.41 Å². The summed E-state index contributed by atoms with van der Waals surface area (Å²) in [6.07, 6.45) is 2.35. The smallest absolute Gasteiger partial charge is 0.323 e. The first kappa shape index (κ1) is 20.2. The number of ether oxygens (including phenoxy) is 2. The van der Waals surface area contributed by atoms with Crippen molar-refractivity contribution >= 4 is 11.9 Å². The van der Waals surface area contributed by atoms with Crippen LogP contribution in [0.5, 0.6) is 0 Å². The molecule has 4 heteroatoms. The first-order valence-electron chi connectivity index (χ1n) is 9.41. The molecule has 26 heavy (non-hydrogen) atoms. The van der Waals surface area contributed by atoms with E-state index in [1.165, 1.54) is 16.7 Å². The summed E-state index contributed by atoms with van der Waals surface area (Å²) in [5.74, 6) is -0.706. The van der Waals surface area contributed by atoms with E-state index in [0.717, 1.165) is 18.4 Å². The van der Waals surface area contributed by atoms with E-state index in [4.69, 9.17) is 9.47 Å². The lowest BCUT2D eigenvalue weighted by Crippen LogP contribution is -2.45. The summed E-state index contributed by atoms with van der Waals surface area (Å²) in [4.78, 5) is 25.1. The lowest BCUT2D eigenvalue weighted by molar-refractivity contribution is -0.174. The van der Waals surface area contributed by atoms with Crippen molar-refractivity contribution in [3.8, 4) is 0 Å². The Labute approximate surface area is 156 Å². The number of aryl methyl sites for hydroxylation is 2.